The molecule has 0 aliphatic rings. The van der Waals surface area contributed by atoms with Crippen molar-refractivity contribution in [1.29, 1.82) is 0 Å². The minimum absolute atomic E-state index is 0.694. The maximum atomic E-state index is 5.07. The molecule has 0 bridgehead atoms. The Morgan fingerprint density at radius 3 is 2.78 bits per heavy atom. The van der Waals surface area contributed by atoms with Crippen molar-refractivity contribution in [1.82, 2.24) is 0 Å². The van der Waals surface area contributed by atoms with Crippen molar-refractivity contribution in [3.8, 4) is 12.3 Å². The van der Waals surface area contributed by atoms with Gasteiger partial charge in [0.1, 0.15) is 0 Å². The highest BCUT2D eigenvalue weighted by Crippen LogP contribution is 1.85. The largest absolute Gasteiger partial charge is 0.293 e. The highest BCUT2D eigenvalue weighted by Gasteiger charge is 1.83. The van der Waals surface area contributed by atoms with Crippen LogP contribution in [0.25, 0.3) is 0 Å². The summed E-state index contributed by atoms with van der Waals surface area (Å²) in [5.41, 5.74) is 1.07. The van der Waals surface area contributed by atoms with Crippen LogP contribution in [-0.2, 0) is 0 Å². The number of aliphatic imine (C=N–C) groups is 1. The lowest BCUT2D eigenvalue weighted by Crippen LogP contribution is -1.90. The van der Waals surface area contributed by atoms with Gasteiger partial charge in [-0.25, -0.2) is 0 Å². The molecular formula is C8H13N. The van der Waals surface area contributed by atoms with E-state index in [1.54, 1.807) is 0 Å². The number of hydrogen-bond acceptors (Lipinski definition) is 1. The van der Waals surface area contributed by atoms with Gasteiger partial charge in [0, 0.05) is 18.7 Å². The molecule has 0 saturated heterocycles. The van der Waals surface area contributed by atoms with Gasteiger partial charge in [-0.2, -0.15) is 0 Å². The summed E-state index contributed by atoms with van der Waals surface area (Å²) in [5.74, 6) is 2.55. The zero-order valence-corrected chi connectivity index (χ0v) is 6.15. The normalized spacial score (nSPS) is 11.0. The molecular weight excluding hydrogens is 110 g/mol. The molecule has 0 atom stereocenters. The molecule has 9 heavy (non-hydrogen) atoms. The zero-order chi connectivity index (χ0) is 7.11. The molecule has 1 nitrogen and oxygen atoms in total. The van der Waals surface area contributed by atoms with Gasteiger partial charge >= 0.3 is 0 Å². The molecule has 0 aromatic heterocycles. The molecule has 0 saturated carbocycles. The molecule has 0 aliphatic heterocycles. The second-order valence-electron chi connectivity index (χ2n) is 2.00. The van der Waals surface area contributed by atoms with Crippen LogP contribution >= 0.6 is 0 Å². The first-order valence-electron chi connectivity index (χ1n) is 3.24. The summed E-state index contributed by atoms with van der Waals surface area (Å²) < 4.78 is 0. The highest BCUT2D eigenvalue weighted by molar-refractivity contribution is 5.83. The van der Waals surface area contributed by atoms with Gasteiger partial charge in [0.05, 0.1) is 0 Å². The van der Waals surface area contributed by atoms with Gasteiger partial charge in [0.2, 0.25) is 0 Å². The predicted molar refractivity (Wildman–Crippen MR) is 41.7 cm³/mol. The second kappa shape index (κ2) is 5.37. The third-order valence-corrected chi connectivity index (χ3v) is 0.963. The molecule has 0 aromatic rings. The van der Waals surface area contributed by atoms with E-state index in [0.29, 0.717) is 6.42 Å². The standard InChI is InChI=1S/C8H13N/c1-4-6-8(3)9-7-5-2/h1H,5-7H2,2-3H3. The Morgan fingerprint density at radius 1 is 1.67 bits per heavy atom. The topological polar surface area (TPSA) is 12.4 Å². The van der Waals surface area contributed by atoms with E-state index in [0.717, 1.165) is 18.7 Å². The Balaban J connectivity index is 3.46. The Hall–Kier alpha value is -0.770. The molecule has 0 heterocycles. The Labute approximate surface area is 57.2 Å². The average molecular weight is 123 g/mol. The summed E-state index contributed by atoms with van der Waals surface area (Å²) in [6.45, 7) is 4.98. The number of terminal acetylenes is 1. The van der Waals surface area contributed by atoms with Gasteiger partial charge in [-0.3, -0.25) is 4.99 Å². The fraction of sp³-hybridized carbons (Fsp3) is 0.625. The smallest absolute Gasteiger partial charge is 0.0464 e. The summed E-state index contributed by atoms with van der Waals surface area (Å²) in [4.78, 5) is 4.21. The molecule has 0 aliphatic carbocycles. The quantitative estimate of drug-likeness (QED) is 0.401. The molecule has 0 fully saturated rings. The van der Waals surface area contributed by atoms with Crippen molar-refractivity contribution in [2.45, 2.75) is 26.7 Å². The Morgan fingerprint density at radius 2 is 2.33 bits per heavy atom. The van der Waals surface area contributed by atoms with E-state index in [-0.39, 0.29) is 0 Å². The van der Waals surface area contributed by atoms with Gasteiger partial charge in [0.25, 0.3) is 0 Å². The maximum absolute atomic E-state index is 5.07. The molecule has 0 aromatic carbocycles. The van der Waals surface area contributed by atoms with Gasteiger partial charge < -0.3 is 0 Å². The minimum atomic E-state index is 0.694. The summed E-state index contributed by atoms with van der Waals surface area (Å²) in [6.07, 6.45) is 6.86. The minimum Gasteiger partial charge on any atom is -0.293 e. The first-order valence-corrected chi connectivity index (χ1v) is 3.24. The summed E-state index contributed by atoms with van der Waals surface area (Å²) in [5, 5.41) is 0. The van der Waals surface area contributed by atoms with E-state index < -0.39 is 0 Å². The third kappa shape index (κ3) is 5.10. The third-order valence-electron chi connectivity index (χ3n) is 0.963. The highest BCUT2D eigenvalue weighted by atomic mass is 14.7. The van der Waals surface area contributed by atoms with E-state index in [2.05, 4.69) is 17.8 Å². The van der Waals surface area contributed by atoms with E-state index in [9.17, 15) is 0 Å². The second-order valence-corrected chi connectivity index (χ2v) is 2.00. The summed E-state index contributed by atoms with van der Waals surface area (Å²) >= 11 is 0. The molecule has 0 N–H and O–H groups in total. The fourth-order valence-corrected chi connectivity index (χ4v) is 0.506. The molecule has 50 valence electrons. The van der Waals surface area contributed by atoms with Crippen LogP contribution in [0, 0.1) is 12.3 Å². The van der Waals surface area contributed by atoms with Crippen molar-refractivity contribution in [2.75, 3.05) is 6.54 Å². The molecule has 1 heteroatoms. The fourth-order valence-electron chi connectivity index (χ4n) is 0.506. The van der Waals surface area contributed by atoms with Crippen molar-refractivity contribution < 1.29 is 0 Å². The van der Waals surface area contributed by atoms with Gasteiger partial charge in [0.15, 0.2) is 0 Å². The van der Waals surface area contributed by atoms with Crippen molar-refractivity contribution in [2.24, 2.45) is 4.99 Å². The van der Waals surface area contributed by atoms with Crippen LogP contribution in [0.15, 0.2) is 4.99 Å². The summed E-state index contributed by atoms with van der Waals surface area (Å²) in [7, 11) is 0. The molecule has 0 amide bonds. The van der Waals surface area contributed by atoms with Crippen molar-refractivity contribution in [3.63, 3.8) is 0 Å². The molecule has 0 rings (SSSR count). The van der Waals surface area contributed by atoms with Crippen LogP contribution in [0.3, 0.4) is 0 Å². The SMILES string of the molecule is C#CCC(C)=NCCC. The average Bonchev–Trinajstić information content (AvgIpc) is 1.85. The van der Waals surface area contributed by atoms with Crippen LogP contribution in [0.4, 0.5) is 0 Å². The number of hydrogen-bond donors (Lipinski definition) is 0. The van der Waals surface area contributed by atoms with Crippen LogP contribution < -0.4 is 0 Å². The lowest BCUT2D eigenvalue weighted by Gasteiger charge is -1.91. The van der Waals surface area contributed by atoms with Crippen LogP contribution in [-0.4, -0.2) is 12.3 Å². The van der Waals surface area contributed by atoms with Gasteiger partial charge in [-0.05, 0) is 13.3 Å². The van der Waals surface area contributed by atoms with Crippen molar-refractivity contribution >= 4 is 5.71 Å². The van der Waals surface area contributed by atoms with Gasteiger partial charge in [-0.15, -0.1) is 12.3 Å². The Bertz CT molecular complexity index is 128. The van der Waals surface area contributed by atoms with E-state index in [4.69, 9.17) is 6.42 Å². The van der Waals surface area contributed by atoms with E-state index in [1.807, 2.05) is 6.92 Å². The van der Waals surface area contributed by atoms with E-state index >= 15 is 0 Å². The lowest BCUT2D eigenvalue weighted by molar-refractivity contribution is 0.928. The molecule has 0 spiro atoms. The first kappa shape index (κ1) is 8.23. The monoisotopic (exact) mass is 123 g/mol. The number of nitrogens with zero attached hydrogens (tertiary/aromatic N) is 1. The van der Waals surface area contributed by atoms with Crippen LogP contribution in [0.5, 0.6) is 0 Å². The van der Waals surface area contributed by atoms with Crippen LogP contribution in [0.1, 0.15) is 26.7 Å². The zero-order valence-electron chi connectivity index (χ0n) is 6.15. The summed E-state index contributed by atoms with van der Waals surface area (Å²) in [6, 6.07) is 0. The Kier molecular flexibility index (Phi) is 4.91. The van der Waals surface area contributed by atoms with Gasteiger partial charge in [-0.1, -0.05) is 6.92 Å². The first-order chi connectivity index (χ1) is 4.31. The number of rotatable bonds is 3. The predicted octanol–water partition coefficient (Wildman–Crippen LogP) is 1.88. The van der Waals surface area contributed by atoms with E-state index in [1.165, 1.54) is 0 Å². The molecule has 0 unspecified atom stereocenters. The van der Waals surface area contributed by atoms with Crippen molar-refractivity contribution in [3.05, 3.63) is 0 Å². The molecule has 0 radical (unpaired) electrons. The maximum Gasteiger partial charge on any atom is 0.0464 e. The van der Waals surface area contributed by atoms with Crippen LogP contribution in [0.2, 0.25) is 0 Å². The lowest BCUT2D eigenvalue weighted by atomic mass is 10.3.